The summed E-state index contributed by atoms with van der Waals surface area (Å²) < 4.78 is 33.8. The Morgan fingerprint density at radius 3 is 2.87 bits per heavy atom. The maximum absolute atomic E-state index is 12.9. The molecule has 0 aromatic carbocycles. The number of hydrogen-bond acceptors (Lipinski definition) is 5. The molecule has 2 aliphatic heterocycles. The summed E-state index contributed by atoms with van der Waals surface area (Å²) in [5.41, 5.74) is 0.834. The van der Waals surface area contributed by atoms with Crippen molar-refractivity contribution in [1.82, 2.24) is 9.21 Å². The van der Waals surface area contributed by atoms with Gasteiger partial charge >= 0.3 is 0 Å². The van der Waals surface area contributed by atoms with Crippen molar-refractivity contribution < 1.29 is 13.2 Å². The van der Waals surface area contributed by atoms with E-state index in [4.69, 9.17) is 4.74 Å². The van der Waals surface area contributed by atoms with E-state index in [9.17, 15) is 8.42 Å². The second-order valence-electron chi connectivity index (χ2n) is 6.13. The maximum atomic E-state index is 12.9. The highest BCUT2D eigenvalue weighted by Gasteiger charge is 2.37. The number of sulfonamides is 1. The van der Waals surface area contributed by atoms with Crippen LogP contribution >= 0.6 is 11.3 Å². The molecule has 0 amide bonds. The van der Waals surface area contributed by atoms with Crippen molar-refractivity contribution in [2.24, 2.45) is 0 Å². The smallest absolute Gasteiger partial charge is 0.252 e. The fourth-order valence-corrected chi connectivity index (χ4v) is 6.53. The van der Waals surface area contributed by atoms with Gasteiger partial charge in [-0.1, -0.05) is 6.08 Å². The van der Waals surface area contributed by atoms with Crippen molar-refractivity contribution in [2.45, 2.75) is 36.1 Å². The van der Waals surface area contributed by atoms with Crippen LogP contribution < -0.4 is 0 Å². The lowest BCUT2D eigenvalue weighted by Crippen LogP contribution is -2.51. The Kier molecular flexibility index (Phi) is 5.22. The predicted molar refractivity (Wildman–Crippen MR) is 92.3 cm³/mol. The van der Waals surface area contributed by atoms with Gasteiger partial charge in [-0.05, 0) is 36.8 Å². The quantitative estimate of drug-likeness (QED) is 0.775. The Morgan fingerprint density at radius 1 is 1.39 bits per heavy atom. The van der Waals surface area contributed by atoms with Gasteiger partial charge in [-0.3, -0.25) is 4.90 Å². The highest BCUT2D eigenvalue weighted by atomic mass is 32.2. The molecular formula is C16H24N2O3S2. The fraction of sp³-hybridized carbons (Fsp3) is 0.625. The van der Waals surface area contributed by atoms with Crippen LogP contribution in [-0.4, -0.2) is 62.6 Å². The average molecular weight is 357 g/mol. The summed E-state index contributed by atoms with van der Waals surface area (Å²) in [7, 11) is -3.39. The fourth-order valence-electron chi connectivity index (χ4n) is 3.51. The predicted octanol–water partition coefficient (Wildman–Crippen LogP) is 2.10. The Bertz CT molecular complexity index is 656. The van der Waals surface area contributed by atoms with Crippen LogP contribution in [0.25, 0.3) is 0 Å². The molecule has 1 aromatic heterocycles. The summed E-state index contributed by atoms with van der Waals surface area (Å²) in [5, 5.41) is 1.84. The van der Waals surface area contributed by atoms with Gasteiger partial charge in [0, 0.05) is 32.2 Å². The SMILES string of the molecule is C=CCN1CCOC2CCN(S(=O)(=O)c3sccc3C)CCC21. The molecular weight excluding hydrogens is 332 g/mol. The van der Waals surface area contributed by atoms with Crippen LogP contribution in [0.2, 0.25) is 0 Å². The zero-order valence-electron chi connectivity index (χ0n) is 13.5. The molecule has 1 aromatic rings. The second kappa shape index (κ2) is 7.03. The van der Waals surface area contributed by atoms with E-state index < -0.39 is 10.0 Å². The third-order valence-corrected chi connectivity index (χ3v) is 8.26. The summed E-state index contributed by atoms with van der Waals surface area (Å²) >= 11 is 1.31. The van der Waals surface area contributed by atoms with Crippen molar-refractivity contribution in [3.63, 3.8) is 0 Å². The van der Waals surface area contributed by atoms with Crippen molar-refractivity contribution in [1.29, 1.82) is 0 Å². The van der Waals surface area contributed by atoms with Crippen LogP contribution in [0.3, 0.4) is 0 Å². The van der Waals surface area contributed by atoms with E-state index in [1.54, 1.807) is 4.31 Å². The van der Waals surface area contributed by atoms with Gasteiger partial charge < -0.3 is 4.74 Å². The number of nitrogens with zero attached hydrogens (tertiary/aromatic N) is 2. The lowest BCUT2D eigenvalue weighted by molar-refractivity contribution is -0.0672. The molecule has 0 bridgehead atoms. The third-order valence-electron chi connectivity index (χ3n) is 4.70. The molecule has 2 aliphatic rings. The van der Waals surface area contributed by atoms with Crippen LogP contribution in [-0.2, 0) is 14.8 Å². The van der Waals surface area contributed by atoms with Gasteiger partial charge in [0.25, 0.3) is 10.0 Å². The molecule has 3 rings (SSSR count). The highest BCUT2D eigenvalue weighted by molar-refractivity contribution is 7.91. The molecule has 2 fully saturated rings. The van der Waals surface area contributed by atoms with Crippen molar-refractivity contribution in [3.8, 4) is 0 Å². The molecule has 0 N–H and O–H groups in total. The normalized spacial score (nSPS) is 27.3. The zero-order valence-corrected chi connectivity index (χ0v) is 15.1. The summed E-state index contributed by atoms with van der Waals surface area (Å²) in [4.78, 5) is 2.37. The Balaban J connectivity index is 1.78. The monoisotopic (exact) mass is 356 g/mol. The standard InChI is InChI=1S/C16H24N2O3S2/c1-3-7-17-10-11-21-15-5-9-18(8-4-14(15)17)23(19,20)16-13(2)6-12-22-16/h3,6,12,14-15H,1,4-5,7-11H2,2H3. The van der Waals surface area contributed by atoms with Crippen LogP contribution in [0.4, 0.5) is 0 Å². The van der Waals surface area contributed by atoms with Gasteiger partial charge in [-0.25, -0.2) is 8.42 Å². The molecule has 7 heteroatoms. The minimum absolute atomic E-state index is 0.119. The molecule has 3 heterocycles. The lowest BCUT2D eigenvalue weighted by Gasteiger charge is -2.39. The van der Waals surface area contributed by atoms with Gasteiger partial charge in [0.1, 0.15) is 4.21 Å². The van der Waals surface area contributed by atoms with Gasteiger partial charge in [-0.2, -0.15) is 4.31 Å². The number of hydrogen-bond donors (Lipinski definition) is 0. The van der Waals surface area contributed by atoms with E-state index in [0.29, 0.717) is 23.9 Å². The summed E-state index contributed by atoms with van der Waals surface area (Å²) in [6.45, 7) is 9.21. The molecule has 0 radical (unpaired) electrons. The van der Waals surface area contributed by atoms with Crippen LogP contribution in [0, 0.1) is 6.92 Å². The molecule has 128 valence electrons. The van der Waals surface area contributed by atoms with E-state index in [2.05, 4.69) is 11.5 Å². The first kappa shape index (κ1) is 17.1. The Labute approximate surface area is 142 Å². The van der Waals surface area contributed by atoms with Crippen molar-refractivity contribution in [3.05, 3.63) is 29.7 Å². The number of morpholine rings is 1. The first-order valence-corrected chi connectivity index (χ1v) is 10.4. The van der Waals surface area contributed by atoms with E-state index in [-0.39, 0.29) is 12.1 Å². The zero-order chi connectivity index (χ0) is 16.4. The second-order valence-corrected chi connectivity index (χ2v) is 9.18. The van der Waals surface area contributed by atoms with Gasteiger partial charge in [0.05, 0.1) is 12.7 Å². The topological polar surface area (TPSA) is 49.9 Å². The van der Waals surface area contributed by atoms with Crippen LogP contribution in [0.1, 0.15) is 18.4 Å². The Hall–Kier alpha value is -0.730. The average Bonchev–Trinajstić information content (AvgIpc) is 2.83. The number of ether oxygens (including phenoxy) is 1. The minimum atomic E-state index is -3.39. The first-order valence-electron chi connectivity index (χ1n) is 8.05. The molecule has 0 saturated carbocycles. The van der Waals surface area contributed by atoms with Gasteiger partial charge in [0.2, 0.25) is 0 Å². The minimum Gasteiger partial charge on any atom is -0.375 e. The van der Waals surface area contributed by atoms with Crippen LogP contribution in [0.5, 0.6) is 0 Å². The maximum Gasteiger partial charge on any atom is 0.252 e. The molecule has 0 aliphatic carbocycles. The number of fused-ring (bicyclic) bond motifs is 1. The largest absolute Gasteiger partial charge is 0.375 e. The summed E-state index contributed by atoms with van der Waals surface area (Å²) in [6, 6.07) is 2.15. The van der Waals surface area contributed by atoms with E-state index in [1.807, 2.05) is 24.4 Å². The molecule has 5 nitrogen and oxygen atoms in total. The first-order chi connectivity index (χ1) is 11.0. The Morgan fingerprint density at radius 2 is 2.17 bits per heavy atom. The van der Waals surface area contributed by atoms with Crippen molar-refractivity contribution in [2.75, 3.05) is 32.8 Å². The van der Waals surface area contributed by atoms with E-state index >= 15 is 0 Å². The third kappa shape index (κ3) is 3.39. The highest BCUT2D eigenvalue weighted by Crippen LogP contribution is 2.30. The van der Waals surface area contributed by atoms with Gasteiger partial charge in [-0.15, -0.1) is 17.9 Å². The number of thiophene rings is 1. The van der Waals surface area contributed by atoms with Crippen molar-refractivity contribution >= 4 is 21.4 Å². The molecule has 0 spiro atoms. The summed E-state index contributed by atoms with van der Waals surface area (Å²) in [6.07, 6.45) is 3.59. The summed E-state index contributed by atoms with van der Waals surface area (Å²) in [5.74, 6) is 0. The number of rotatable bonds is 4. The molecule has 2 atom stereocenters. The lowest BCUT2D eigenvalue weighted by atomic mass is 10.0. The molecule has 2 unspecified atom stereocenters. The number of aryl methyl sites for hydroxylation is 1. The molecule has 23 heavy (non-hydrogen) atoms. The molecule has 2 saturated heterocycles. The van der Waals surface area contributed by atoms with Gasteiger partial charge in [0.15, 0.2) is 0 Å². The van der Waals surface area contributed by atoms with Crippen LogP contribution in [0.15, 0.2) is 28.3 Å². The van der Waals surface area contributed by atoms with E-state index in [0.717, 1.165) is 31.5 Å². The van der Waals surface area contributed by atoms with E-state index in [1.165, 1.54) is 11.3 Å².